The number of hydrogen-bond acceptors (Lipinski definition) is 3. The van der Waals surface area contributed by atoms with Gasteiger partial charge in [-0.05, 0) is 30.3 Å². The van der Waals surface area contributed by atoms with Crippen LogP contribution in [-0.4, -0.2) is 12.4 Å². The van der Waals surface area contributed by atoms with Gasteiger partial charge in [0.1, 0.15) is 12.4 Å². The number of hydrogen-bond donors (Lipinski definition) is 2. The van der Waals surface area contributed by atoms with Gasteiger partial charge in [0.2, 0.25) is 0 Å². The van der Waals surface area contributed by atoms with Crippen molar-refractivity contribution in [3.63, 3.8) is 0 Å². The lowest BCUT2D eigenvalue weighted by molar-refractivity contribution is 0.372. The number of nitrogens with zero attached hydrogens (tertiary/aromatic N) is 1. The van der Waals surface area contributed by atoms with Gasteiger partial charge >= 0.3 is 0 Å². The van der Waals surface area contributed by atoms with Gasteiger partial charge in [-0.3, -0.25) is 0 Å². The number of benzene rings is 2. The van der Waals surface area contributed by atoms with Crippen LogP contribution < -0.4 is 16.0 Å². The predicted molar refractivity (Wildman–Crippen MR) is 77.8 cm³/mol. The maximum absolute atomic E-state index is 5.87. The molecule has 98 valence electrons. The van der Waals surface area contributed by atoms with Crippen molar-refractivity contribution in [2.24, 2.45) is 10.8 Å². The van der Waals surface area contributed by atoms with Crippen LogP contribution in [0.25, 0.3) is 0 Å². The monoisotopic (exact) mass is 275 g/mol. The minimum Gasteiger partial charge on any atom is -0.486 e. The van der Waals surface area contributed by atoms with E-state index in [1.807, 2.05) is 42.5 Å². The van der Waals surface area contributed by atoms with Crippen molar-refractivity contribution in [3.05, 3.63) is 59.6 Å². The van der Waals surface area contributed by atoms with Crippen LogP contribution in [0.15, 0.2) is 59.6 Å². The fourth-order valence-electron chi connectivity index (χ4n) is 1.47. The number of halogens is 1. The van der Waals surface area contributed by atoms with Crippen molar-refractivity contribution in [2.45, 2.75) is 0 Å². The summed E-state index contributed by atoms with van der Waals surface area (Å²) in [5, 5.41) is 0.625. The Balaban J connectivity index is 2.02. The summed E-state index contributed by atoms with van der Waals surface area (Å²) in [6.45, 7) is 0.242. The van der Waals surface area contributed by atoms with Gasteiger partial charge in [0.25, 0.3) is 0 Å². The van der Waals surface area contributed by atoms with Crippen molar-refractivity contribution in [1.29, 1.82) is 0 Å². The average Bonchev–Trinajstić information content (AvgIpc) is 2.44. The second-order valence-corrected chi connectivity index (χ2v) is 4.22. The van der Waals surface area contributed by atoms with Gasteiger partial charge in [-0.15, -0.1) is 0 Å². The van der Waals surface area contributed by atoms with E-state index in [4.69, 9.17) is 22.2 Å². The predicted octanol–water partition coefficient (Wildman–Crippen LogP) is 2.91. The van der Waals surface area contributed by atoms with Crippen LogP contribution in [-0.2, 0) is 0 Å². The van der Waals surface area contributed by atoms with Crippen LogP contribution in [0.2, 0.25) is 5.02 Å². The largest absolute Gasteiger partial charge is 0.486 e. The van der Waals surface area contributed by atoms with E-state index >= 15 is 0 Å². The number of hydrazine groups is 1. The molecule has 0 aliphatic rings. The molecule has 0 fully saturated rings. The molecule has 0 aliphatic carbocycles. The molecule has 0 amide bonds. The lowest BCUT2D eigenvalue weighted by Gasteiger charge is -2.08. The van der Waals surface area contributed by atoms with Crippen molar-refractivity contribution < 1.29 is 4.74 Å². The molecule has 0 saturated heterocycles. The highest BCUT2D eigenvalue weighted by Gasteiger charge is 2.00. The fraction of sp³-hybridized carbons (Fsp3) is 0.0714. The first-order valence-corrected chi connectivity index (χ1v) is 6.13. The average molecular weight is 276 g/mol. The quantitative estimate of drug-likeness (QED) is 0.390. The summed E-state index contributed by atoms with van der Waals surface area (Å²) >= 11 is 5.87. The van der Waals surface area contributed by atoms with Crippen molar-refractivity contribution in [2.75, 3.05) is 6.61 Å². The maximum Gasteiger partial charge on any atom is 0.154 e. The second kappa shape index (κ2) is 6.78. The molecule has 3 N–H and O–H groups in total. The molecule has 0 spiro atoms. The zero-order chi connectivity index (χ0) is 13.5. The normalized spacial score (nSPS) is 11.2. The Morgan fingerprint density at radius 2 is 1.95 bits per heavy atom. The number of amidine groups is 1. The first-order chi connectivity index (χ1) is 9.28. The van der Waals surface area contributed by atoms with Crippen LogP contribution in [0.1, 0.15) is 0 Å². The Morgan fingerprint density at radius 1 is 1.16 bits per heavy atom. The Hall–Kier alpha value is -2.04. The van der Waals surface area contributed by atoms with Gasteiger partial charge in [-0.1, -0.05) is 35.9 Å². The lowest BCUT2D eigenvalue weighted by atomic mass is 10.3. The Labute approximate surface area is 116 Å². The molecular formula is C14H14ClN3O. The topological polar surface area (TPSA) is 59.6 Å². The molecule has 19 heavy (non-hydrogen) atoms. The SMILES string of the molecule is NNC(COc1cccc(Cl)c1)=Nc1ccccc1. The smallest absolute Gasteiger partial charge is 0.154 e. The molecule has 0 aliphatic heterocycles. The van der Waals surface area contributed by atoms with Crippen LogP contribution >= 0.6 is 11.6 Å². The highest BCUT2D eigenvalue weighted by atomic mass is 35.5. The Bertz CT molecular complexity index is 558. The molecule has 2 aromatic rings. The minimum absolute atomic E-state index is 0.242. The van der Waals surface area contributed by atoms with Gasteiger partial charge < -0.3 is 10.2 Å². The third-order valence-electron chi connectivity index (χ3n) is 2.36. The summed E-state index contributed by atoms with van der Waals surface area (Å²) in [5.74, 6) is 6.63. The summed E-state index contributed by atoms with van der Waals surface area (Å²) < 4.78 is 5.55. The van der Waals surface area contributed by atoms with Crippen LogP contribution in [0.5, 0.6) is 5.75 Å². The number of aliphatic imine (C=N–C) groups is 1. The van der Waals surface area contributed by atoms with E-state index in [2.05, 4.69) is 10.4 Å². The molecular weight excluding hydrogens is 262 g/mol. The number of rotatable bonds is 4. The van der Waals surface area contributed by atoms with Crippen LogP contribution in [0.4, 0.5) is 5.69 Å². The highest BCUT2D eigenvalue weighted by Crippen LogP contribution is 2.17. The molecule has 2 rings (SSSR count). The van der Waals surface area contributed by atoms with Crippen LogP contribution in [0, 0.1) is 0 Å². The van der Waals surface area contributed by atoms with Crippen LogP contribution in [0.3, 0.4) is 0 Å². The standard InChI is InChI=1S/C14H14ClN3O/c15-11-5-4-8-13(9-11)19-10-14(18-16)17-12-6-2-1-3-7-12/h1-9H,10,16H2,(H,17,18). The van der Waals surface area contributed by atoms with Crippen molar-refractivity contribution in [3.8, 4) is 5.75 Å². The molecule has 2 aromatic carbocycles. The Kier molecular flexibility index (Phi) is 4.78. The summed E-state index contributed by atoms with van der Waals surface area (Å²) in [5.41, 5.74) is 3.34. The molecule has 5 heteroatoms. The first kappa shape index (κ1) is 13.4. The van der Waals surface area contributed by atoms with E-state index in [-0.39, 0.29) is 6.61 Å². The molecule has 0 unspecified atom stereocenters. The summed E-state index contributed by atoms with van der Waals surface area (Å²) in [4.78, 5) is 4.34. The lowest BCUT2D eigenvalue weighted by Crippen LogP contribution is -2.34. The first-order valence-electron chi connectivity index (χ1n) is 5.75. The number of ether oxygens (including phenoxy) is 1. The molecule has 0 saturated carbocycles. The molecule has 0 heterocycles. The summed E-state index contributed by atoms with van der Waals surface area (Å²) in [7, 11) is 0. The van der Waals surface area contributed by atoms with E-state index in [0.29, 0.717) is 16.6 Å². The van der Waals surface area contributed by atoms with E-state index in [0.717, 1.165) is 5.69 Å². The van der Waals surface area contributed by atoms with Crippen molar-refractivity contribution >= 4 is 23.1 Å². The van der Waals surface area contributed by atoms with Gasteiger partial charge in [0, 0.05) is 5.02 Å². The van der Waals surface area contributed by atoms with Gasteiger partial charge in [0.15, 0.2) is 5.84 Å². The minimum atomic E-state index is 0.242. The van der Waals surface area contributed by atoms with Gasteiger partial charge in [0.05, 0.1) is 5.69 Å². The molecule has 0 atom stereocenters. The molecule has 4 nitrogen and oxygen atoms in total. The fourth-order valence-corrected chi connectivity index (χ4v) is 1.65. The number of nitrogens with one attached hydrogen (secondary N) is 1. The van der Waals surface area contributed by atoms with Gasteiger partial charge in [-0.25, -0.2) is 10.8 Å². The zero-order valence-electron chi connectivity index (χ0n) is 10.2. The third-order valence-corrected chi connectivity index (χ3v) is 2.59. The number of para-hydroxylation sites is 1. The Morgan fingerprint density at radius 3 is 2.63 bits per heavy atom. The zero-order valence-corrected chi connectivity index (χ0v) is 11.0. The van der Waals surface area contributed by atoms with E-state index in [1.54, 1.807) is 12.1 Å². The van der Waals surface area contributed by atoms with Crippen molar-refractivity contribution in [1.82, 2.24) is 5.43 Å². The van der Waals surface area contributed by atoms with E-state index in [9.17, 15) is 0 Å². The third kappa shape index (κ3) is 4.28. The summed E-state index contributed by atoms with van der Waals surface area (Å²) in [6.07, 6.45) is 0. The number of nitrogens with two attached hydrogens (primary N) is 1. The molecule has 0 aromatic heterocycles. The molecule has 0 bridgehead atoms. The highest BCUT2D eigenvalue weighted by molar-refractivity contribution is 6.30. The summed E-state index contributed by atoms with van der Waals surface area (Å²) in [6, 6.07) is 16.7. The molecule has 0 radical (unpaired) electrons. The van der Waals surface area contributed by atoms with E-state index < -0.39 is 0 Å². The second-order valence-electron chi connectivity index (χ2n) is 3.78. The van der Waals surface area contributed by atoms with Gasteiger partial charge in [-0.2, -0.15) is 0 Å². The van der Waals surface area contributed by atoms with E-state index in [1.165, 1.54) is 0 Å². The maximum atomic E-state index is 5.87.